The van der Waals surface area contributed by atoms with Gasteiger partial charge >= 0.3 is 0 Å². The van der Waals surface area contributed by atoms with Gasteiger partial charge in [0.05, 0.1) is 17.6 Å². The normalized spacial score (nSPS) is 37.7. The molecule has 2 aliphatic rings. The maximum atomic E-state index is 11.3. The Hall–Kier alpha value is -0.130. The second-order valence-corrected chi connectivity index (χ2v) is 7.02. The Kier molecular flexibility index (Phi) is 3.33. The molecule has 88 valence electrons. The summed E-state index contributed by atoms with van der Waals surface area (Å²) in [6.07, 6.45) is 2.02. The van der Waals surface area contributed by atoms with Crippen molar-refractivity contribution in [3.05, 3.63) is 0 Å². The van der Waals surface area contributed by atoms with E-state index in [1.165, 1.54) is 0 Å². The molecular weight excluding hydrogens is 214 g/mol. The van der Waals surface area contributed by atoms with Crippen molar-refractivity contribution in [2.75, 3.05) is 24.6 Å². The van der Waals surface area contributed by atoms with Crippen molar-refractivity contribution < 1.29 is 13.5 Å². The first-order chi connectivity index (χ1) is 7.08. The lowest BCUT2D eigenvalue weighted by atomic mass is 9.81. The number of nitrogens with one attached hydrogen (secondary N) is 1. The van der Waals surface area contributed by atoms with Crippen molar-refractivity contribution in [2.45, 2.75) is 25.4 Å². The topological polar surface area (TPSA) is 66.4 Å². The van der Waals surface area contributed by atoms with Crippen molar-refractivity contribution in [1.82, 2.24) is 5.32 Å². The Labute approximate surface area is 91.0 Å². The Balaban J connectivity index is 1.94. The molecule has 0 bridgehead atoms. The summed E-state index contributed by atoms with van der Waals surface area (Å²) in [5.74, 6) is 1.26. The number of aliphatic hydroxyl groups excluding tert-OH is 1. The third-order valence-corrected chi connectivity index (χ3v) is 5.41. The van der Waals surface area contributed by atoms with Crippen LogP contribution in [0.2, 0.25) is 0 Å². The van der Waals surface area contributed by atoms with E-state index in [2.05, 4.69) is 5.32 Å². The molecule has 5 heteroatoms. The zero-order valence-electron chi connectivity index (χ0n) is 8.85. The molecule has 4 nitrogen and oxygen atoms in total. The maximum absolute atomic E-state index is 11.3. The summed E-state index contributed by atoms with van der Waals surface area (Å²) in [5.41, 5.74) is 0. The summed E-state index contributed by atoms with van der Waals surface area (Å²) >= 11 is 0. The highest BCUT2D eigenvalue weighted by atomic mass is 32.2. The SMILES string of the molecule is O=S1(=O)CCC(C2CNCCC2O)CC1. The van der Waals surface area contributed by atoms with Crippen LogP contribution >= 0.6 is 0 Å². The van der Waals surface area contributed by atoms with Gasteiger partial charge in [-0.3, -0.25) is 0 Å². The Morgan fingerprint density at radius 3 is 2.40 bits per heavy atom. The Morgan fingerprint density at radius 2 is 1.80 bits per heavy atom. The second-order valence-electron chi connectivity index (χ2n) is 4.71. The third-order valence-electron chi connectivity index (χ3n) is 3.70. The third kappa shape index (κ3) is 2.71. The molecule has 0 spiro atoms. The molecule has 0 saturated carbocycles. The number of aliphatic hydroxyl groups is 1. The zero-order chi connectivity index (χ0) is 10.9. The molecule has 0 amide bonds. The van der Waals surface area contributed by atoms with Gasteiger partial charge in [0.2, 0.25) is 0 Å². The van der Waals surface area contributed by atoms with Gasteiger partial charge in [-0.25, -0.2) is 8.42 Å². The van der Waals surface area contributed by atoms with Gasteiger partial charge in [0.15, 0.2) is 0 Å². The molecule has 2 atom stereocenters. The van der Waals surface area contributed by atoms with Crippen molar-refractivity contribution in [3.63, 3.8) is 0 Å². The highest BCUT2D eigenvalue weighted by Crippen LogP contribution is 2.30. The summed E-state index contributed by atoms with van der Waals surface area (Å²) in [4.78, 5) is 0. The van der Waals surface area contributed by atoms with Gasteiger partial charge in [-0.05, 0) is 31.7 Å². The van der Waals surface area contributed by atoms with E-state index in [9.17, 15) is 13.5 Å². The molecular formula is C10H19NO3S. The van der Waals surface area contributed by atoms with Crippen molar-refractivity contribution in [3.8, 4) is 0 Å². The van der Waals surface area contributed by atoms with E-state index < -0.39 is 9.84 Å². The van der Waals surface area contributed by atoms with Gasteiger partial charge in [0.1, 0.15) is 9.84 Å². The van der Waals surface area contributed by atoms with Crippen LogP contribution in [0.4, 0.5) is 0 Å². The van der Waals surface area contributed by atoms with Crippen LogP contribution in [0.25, 0.3) is 0 Å². The van der Waals surface area contributed by atoms with Crippen LogP contribution in [-0.2, 0) is 9.84 Å². The average molecular weight is 233 g/mol. The standard InChI is InChI=1S/C10H19NO3S/c12-10-1-4-11-7-9(10)8-2-5-15(13,14)6-3-8/h8-12H,1-7H2. The van der Waals surface area contributed by atoms with E-state index in [4.69, 9.17) is 0 Å². The van der Waals surface area contributed by atoms with E-state index in [0.717, 1.165) is 32.4 Å². The van der Waals surface area contributed by atoms with Crippen LogP contribution < -0.4 is 5.32 Å². The minimum absolute atomic E-state index is 0.239. The van der Waals surface area contributed by atoms with Gasteiger partial charge < -0.3 is 10.4 Å². The first-order valence-corrected chi connectivity index (χ1v) is 7.50. The molecule has 2 unspecified atom stereocenters. The molecule has 0 aromatic carbocycles. The quantitative estimate of drug-likeness (QED) is 0.657. The molecule has 0 aromatic rings. The fourth-order valence-electron chi connectivity index (χ4n) is 2.69. The largest absolute Gasteiger partial charge is 0.393 e. The molecule has 2 rings (SSSR count). The van der Waals surface area contributed by atoms with Crippen LogP contribution in [-0.4, -0.2) is 44.2 Å². The molecule has 2 heterocycles. The fraction of sp³-hybridized carbons (Fsp3) is 1.00. The van der Waals surface area contributed by atoms with Crippen LogP contribution in [0.5, 0.6) is 0 Å². The van der Waals surface area contributed by atoms with Gasteiger partial charge in [-0.2, -0.15) is 0 Å². The lowest BCUT2D eigenvalue weighted by Crippen LogP contribution is -2.45. The first kappa shape index (κ1) is 11.4. The minimum atomic E-state index is -2.77. The fourth-order valence-corrected chi connectivity index (χ4v) is 4.21. The number of rotatable bonds is 1. The number of sulfone groups is 1. The van der Waals surface area contributed by atoms with Crippen molar-refractivity contribution >= 4 is 9.84 Å². The molecule has 0 aliphatic carbocycles. The highest BCUT2D eigenvalue weighted by Gasteiger charge is 2.34. The van der Waals surface area contributed by atoms with Crippen LogP contribution in [0.15, 0.2) is 0 Å². The number of hydrogen-bond donors (Lipinski definition) is 2. The Morgan fingerprint density at radius 1 is 1.13 bits per heavy atom. The lowest BCUT2D eigenvalue weighted by molar-refractivity contribution is 0.0431. The lowest BCUT2D eigenvalue weighted by Gasteiger charge is -2.36. The number of hydrogen-bond acceptors (Lipinski definition) is 4. The zero-order valence-corrected chi connectivity index (χ0v) is 9.67. The smallest absolute Gasteiger partial charge is 0.150 e. The van der Waals surface area contributed by atoms with Crippen molar-refractivity contribution in [2.24, 2.45) is 11.8 Å². The van der Waals surface area contributed by atoms with Crippen LogP contribution in [0.3, 0.4) is 0 Å². The van der Waals surface area contributed by atoms with Gasteiger partial charge in [0.25, 0.3) is 0 Å². The van der Waals surface area contributed by atoms with Gasteiger partial charge in [-0.15, -0.1) is 0 Å². The summed E-state index contributed by atoms with van der Waals surface area (Å²) in [6.45, 7) is 1.72. The predicted octanol–water partition coefficient (Wildman–Crippen LogP) is -0.218. The summed E-state index contributed by atoms with van der Waals surface area (Å²) in [5, 5.41) is 13.1. The molecule has 15 heavy (non-hydrogen) atoms. The summed E-state index contributed by atoms with van der Waals surface area (Å²) in [7, 11) is -2.77. The average Bonchev–Trinajstić information content (AvgIpc) is 2.19. The van der Waals surface area contributed by atoms with E-state index in [-0.39, 0.29) is 12.0 Å². The van der Waals surface area contributed by atoms with Crippen LogP contribution in [0.1, 0.15) is 19.3 Å². The molecule has 2 fully saturated rings. The Bertz CT molecular complexity index is 301. The molecule has 0 aromatic heterocycles. The van der Waals surface area contributed by atoms with Gasteiger partial charge in [-0.1, -0.05) is 0 Å². The minimum Gasteiger partial charge on any atom is -0.393 e. The molecule has 2 saturated heterocycles. The van der Waals surface area contributed by atoms with E-state index in [0.29, 0.717) is 17.4 Å². The summed E-state index contributed by atoms with van der Waals surface area (Å²) in [6, 6.07) is 0. The monoisotopic (exact) mass is 233 g/mol. The number of piperidine rings is 1. The highest BCUT2D eigenvalue weighted by molar-refractivity contribution is 7.91. The first-order valence-electron chi connectivity index (χ1n) is 5.68. The van der Waals surface area contributed by atoms with E-state index in [1.807, 2.05) is 0 Å². The molecule has 2 aliphatic heterocycles. The predicted molar refractivity (Wildman–Crippen MR) is 58.4 cm³/mol. The van der Waals surface area contributed by atoms with E-state index >= 15 is 0 Å². The van der Waals surface area contributed by atoms with E-state index in [1.54, 1.807) is 0 Å². The van der Waals surface area contributed by atoms with Crippen LogP contribution in [0, 0.1) is 11.8 Å². The molecule has 2 N–H and O–H groups in total. The second kappa shape index (κ2) is 4.39. The van der Waals surface area contributed by atoms with Crippen molar-refractivity contribution in [1.29, 1.82) is 0 Å². The molecule has 0 radical (unpaired) electrons. The van der Waals surface area contributed by atoms with Gasteiger partial charge in [0, 0.05) is 12.5 Å². The summed E-state index contributed by atoms with van der Waals surface area (Å²) < 4.78 is 22.6. The maximum Gasteiger partial charge on any atom is 0.150 e.